The summed E-state index contributed by atoms with van der Waals surface area (Å²) < 4.78 is 6.49. The Morgan fingerprint density at radius 3 is 1.79 bits per heavy atom. The van der Waals surface area contributed by atoms with Gasteiger partial charge < -0.3 is 19.7 Å². The van der Waals surface area contributed by atoms with Crippen LogP contribution in [-0.4, -0.2) is 42.6 Å². The molecule has 0 heterocycles. The zero-order valence-electron chi connectivity index (χ0n) is 21.4. The highest BCUT2D eigenvalue weighted by Crippen LogP contribution is 2.20. The molecule has 5 nitrogen and oxygen atoms in total. The monoisotopic (exact) mass is 604 g/mol. The van der Waals surface area contributed by atoms with Crippen molar-refractivity contribution in [2.24, 2.45) is 0 Å². The van der Waals surface area contributed by atoms with Crippen molar-refractivity contribution in [1.82, 2.24) is 0 Å². The van der Waals surface area contributed by atoms with Gasteiger partial charge in [-0.1, -0.05) is 83.8 Å². The number of carbonyl (C=O) groups excluding carboxylic acids is 2. The Bertz CT molecular complexity index is 702. The van der Waals surface area contributed by atoms with Gasteiger partial charge in [-0.15, -0.1) is 0 Å². The van der Waals surface area contributed by atoms with Crippen LogP contribution in [0.3, 0.4) is 0 Å². The van der Waals surface area contributed by atoms with Crippen LogP contribution < -0.4 is 0 Å². The second-order valence-electron chi connectivity index (χ2n) is 6.15. The first-order valence-corrected chi connectivity index (χ1v) is 13.2. The van der Waals surface area contributed by atoms with Crippen LogP contribution in [-0.2, 0) is 9.53 Å². The lowest BCUT2D eigenvalue weighted by molar-refractivity contribution is -0.107. The molecule has 34 heavy (non-hydrogen) atoms. The molecular weight excluding hydrogens is 564 g/mol. The number of aliphatic hydroxyl groups is 2. The molecule has 0 aliphatic rings. The summed E-state index contributed by atoms with van der Waals surface area (Å²) in [5, 5.41) is 18.2. The molecule has 0 radical (unpaired) electrons. The smallest absolute Gasteiger partial charge is 0.163 e. The van der Waals surface area contributed by atoms with Crippen LogP contribution in [0.5, 0.6) is 0 Å². The van der Waals surface area contributed by atoms with Crippen LogP contribution in [0, 0.1) is 0 Å². The number of rotatable bonds is 9. The maximum atomic E-state index is 11.3. The molecule has 2 aromatic rings. The van der Waals surface area contributed by atoms with Gasteiger partial charge >= 0.3 is 0 Å². The van der Waals surface area contributed by atoms with E-state index in [4.69, 9.17) is 5.11 Å². The Balaban J connectivity index is -0.000000434. The molecule has 194 valence electrons. The van der Waals surface area contributed by atoms with Crippen molar-refractivity contribution in [2.45, 2.75) is 66.4 Å². The second-order valence-corrected chi connectivity index (χ2v) is 7.98. The first-order valence-electron chi connectivity index (χ1n) is 11.6. The largest absolute Gasteiger partial charge is 0.396 e. The topological polar surface area (TPSA) is 83.8 Å². The van der Waals surface area contributed by atoms with Crippen LogP contribution in [0.1, 0.15) is 82.3 Å². The lowest BCUT2D eigenvalue weighted by Gasteiger charge is -2.09. The molecule has 0 aliphatic heterocycles. The van der Waals surface area contributed by atoms with Crippen LogP contribution in [0.2, 0.25) is 0 Å². The van der Waals surface area contributed by atoms with Crippen LogP contribution in [0.25, 0.3) is 0 Å². The van der Waals surface area contributed by atoms with E-state index in [1.54, 1.807) is 19.2 Å². The molecule has 0 fully saturated rings. The van der Waals surface area contributed by atoms with Gasteiger partial charge in [-0.2, -0.15) is 0 Å². The summed E-state index contributed by atoms with van der Waals surface area (Å²) in [6.07, 6.45) is 2.15. The summed E-state index contributed by atoms with van der Waals surface area (Å²) in [4.78, 5) is 21.4. The summed E-state index contributed by atoms with van der Waals surface area (Å²) >= 11 is 6.61. The van der Waals surface area contributed by atoms with Crippen molar-refractivity contribution in [1.29, 1.82) is 0 Å². The van der Waals surface area contributed by atoms with Gasteiger partial charge in [0.2, 0.25) is 0 Å². The quantitative estimate of drug-likeness (QED) is 0.227. The van der Waals surface area contributed by atoms with Gasteiger partial charge in [0.05, 0.1) is 6.10 Å². The van der Waals surface area contributed by atoms with Crippen LogP contribution in [0.15, 0.2) is 57.5 Å². The molecule has 0 amide bonds. The van der Waals surface area contributed by atoms with Crippen molar-refractivity contribution in [3.63, 3.8) is 0 Å². The fourth-order valence-corrected chi connectivity index (χ4v) is 2.64. The van der Waals surface area contributed by atoms with Gasteiger partial charge in [-0.25, -0.2) is 0 Å². The number of halogens is 2. The molecule has 0 saturated heterocycles. The number of ketones is 1. The van der Waals surface area contributed by atoms with E-state index in [-0.39, 0.29) is 12.4 Å². The van der Waals surface area contributed by atoms with Gasteiger partial charge in [0.15, 0.2) is 5.78 Å². The van der Waals surface area contributed by atoms with Gasteiger partial charge in [0, 0.05) is 47.7 Å². The predicted molar refractivity (Wildman–Crippen MR) is 149 cm³/mol. The van der Waals surface area contributed by atoms with E-state index < -0.39 is 6.10 Å². The minimum atomic E-state index is -0.458. The lowest BCUT2D eigenvalue weighted by atomic mass is 10.1. The number of methoxy groups -OCH3 is 1. The summed E-state index contributed by atoms with van der Waals surface area (Å²) in [6, 6.07) is 14.7. The van der Waals surface area contributed by atoms with E-state index in [2.05, 4.69) is 36.6 Å². The van der Waals surface area contributed by atoms with Crippen molar-refractivity contribution >= 4 is 43.9 Å². The third kappa shape index (κ3) is 21.2. The number of carbonyl (C=O) groups is 2. The fourth-order valence-electron chi connectivity index (χ4n) is 2.11. The Hall–Kier alpha value is -1.38. The molecule has 1 atom stereocenters. The van der Waals surface area contributed by atoms with Crippen LogP contribution >= 0.6 is 31.9 Å². The number of hydrogen-bond donors (Lipinski definition) is 2. The van der Waals surface area contributed by atoms with Crippen LogP contribution in [0.4, 0.5) is 0 Å². The Kier molecular flexibility index (Phi) is 30.5. The van der Waals surface area contributed by atoms with E-state index >= 15 is 0 Å². The molecule has 7 heteroatoms. The van der Waals surface area contributed by atoms with Crippen molar-refractivity contribution in [3.05, 3.63) is 68.6 Å². The molecule has 0 spiro atoms. The number of hydrogen-bond acceptors (Lipinski definition) is 5. The highest BCUT2D eigenvalue weighted by atomic mass is 79.9. The number of aldehydes is 1. The standard InChI is InChI=1S/C10H13BrO2.C10H9BrO2.C3H8O.2C2H6/c2*11-9-5-3-8(4-6-9)10(13)2-1-7-12;1-3-4-2;2*1-2/h3-6,10,12-13H,1-2,7H2;3-7H,1-2H2;3H2,1-2H3;2*1-2H3. The van der Waals surface area contributed by atoms with Gasteiger partial charge in [-0.05, 0) is 49.6 Å². The number of ether oxygens (including phenoxy) is 1. The normalized spacial score (nSPS) is 9.82. The highest BCUT2D eigenvalue weighted by Gasteiger charge is 2.06. The predicted octanol–water partition coefficient (Wildman–Crippen LogP) is 7.57. The number of benzene rings is 2. The minimum Gasteiger partial charge on any atom is -0.396 e. The Morgan fingerprint density at radius 1 is 0.971 bits per heavy atom. The lowest BCUT2D eigenvalue weighted by Crippen LogP contribution is -1.98. The maximum Gasteiger partial charge on any atom is 0.163 e. The zero-order chi connectivity index (χ0) is 26.8. The molecule has 0 aromatic heterocycles. The Morgan fingerprint density at radius 2 is 1.41 bits per heavy atom. The molecule has 0 saturated carbocycles. The molecule has 0 aliphatic carbocycles. The summed E-state index contributed by atoms with van der Waals surface area (Å²) in [7, 11) is 1.68. The van der Waals surface area contributed by atoms with Gasteiger partial charge in [0.1, 0.15) is 6.29 Å². The van der Waals surface area contributed by atoms with Crippen molar-refractivity contribution in [2.75, 3.05) is 20.3 Å². The first-order chi connectivity index (χ1) is 16.4. The first kappa shape index (κ1) is 37.2. The SMILES string of the molecule is CC.CC.CCOC.O=CCCC(=O)c1ccc(Br)cc1.OCCCC(O)c1ccc(Br)cc1. The summed E-state index contributed by atoms with van der Waals surface area (Å²) in [5.41, 5.74) is 1.56. The number of aliphatic hydroxyl groups excluding tert-OH is 2. The minimum absolute atomic E-state index is 0.0135. The van der Waals surface area contributed by atoms with Gasteiger partial charge in [0.25, 0.3) is 0 Å². The Labute approximate surface area is 223 Å². The third-order valence-electron chi connectivity index (χ3n) is 3.83. The van der Waals surface area contributed by atoms with Crippen molar-refractivity contribution < 1.29 is 24.5 Å². The molecule has 2 aromatic carbocycles. The van der Waals surface area contributed by atoms with Gasteiger partial charge in [-0.3, -0.25) is 4.79 Å². The number of Topliss-reactive ketones (excluding diaryl/α,β-unsaturated/α-hetero) is 1. The average molecular weight is 606 g/mol. The zero-order valence-corrected chi connectivity index (χ0v) is 24.6. The average Bonchev–Trinajstić information content (AvgIpc) is 2.89. The summed E-state index contributed by atoms with van der Waals surface area (Å²) in [5.74, 6) is 0.0135. The van der Waals surface area contributed by atoms with E-state index in [9.17, 15) is 14.7 Å². The molecule has 0 bridgehead atoms. The highest BCUT2D eigenvalue weighted by molar-refractivity contribution is 9.10. The maximum absolute atomic E-state index is 11.3. The van der Waals surface area contributed by atoms with Crippen molar-refractivity contribution in [3.8, 4) is 0 Å². The van der Waals surface area contributed by atoms with E-state index in [0.29, 0.717) is 31.2 Å². The molecule has 2 N–H and O–H groups in total. The summed E-state index contributed by atoms with van der Waals surface area (Å²) in [6.45, 7) is 10.9. The van der Waals surface area contributed by atoms with E-state index in [1.165, 1.54) is 0 Å². The second kappa shape index (κ2) is 27.9. The van der Waals surface area contributed by atoms with E-state index in [0.717, 1.165) is 27.4 Å². The molecule has 1 unspecified atom stereocenters. The fraction of sp³-hybridized carbons (Fsp3) is 0.481. The van der Waals surface area contributed by atoms with E-state index in [1.807, 2.05) is 71.0 Å². The third-order valence-corrected chi connectivity index (χ3v) is 4.89. The molecule has 2 rings (SSSR count). The molecular formula is C27H42Br2O5.